The molecule has 0 amide bonds. The van der Waals surface area contributed by atoms with Crippen LogP contribution in [0, 0.1) is 18.3 Å². The average Bonchev–Trinajstić information content (AvgIpc) is 2.67. The van der Waals surface area contributed by atoms with E-state index in [0.717, 1.165) is 18.9 Å². The fourth-order valence-corrected chi connectivity index (χ4v) is 2.44. The van der Waals surface area contributed by atoms with Gasteiger partial charge in [0.1, 0.15) is 0 Å². The van der Waals surface area contributed by atoms with Crippen LogP contribution >= 0.6 is 0 Å². The van der Waals surface area contributed by atoms with Crippen molar-refractivity contribution >= 4 is 0 Å². The molecule has 0 bridgehead atoms. The molecule has 1 heteroatoms. The van der Waals surface area contributed by atoms with E-state index >= 15 is 0 Å². The van der Waals surface area contributed by atoms with Crippen molar-refractivity contribution in [3.8, 4) is 12.3 Å². The molecule has 1 nitrogen and oxygen atoms in total. The summed E-state index contributed by atoms with van der Waals surface area (Å²) in [6.07, 6.45) is 14.7. The maximum Gasteiger partial charge on any atom is 0.0240 e. The smallest absolute Gasteiger partial charge is 0.0240 e. The minimum atomic E-state index is 0.561. The fraction of sp³-hybridized carbons (Fsp3) is 0.846. The maximum atomic E-state index is 5.35. The second-order valence-corrected chi connectivity index (χ2v) is 4.39. The highest BCUT2D eigenvalue weighted by molar-refractivity contribution is 4.89. The molecule has 1 atom stereocenters. The van der Waals surface area contributed by atoms with Crippen molar-refractivity contribution in [2.75, 3.05) is 6.54 Å². The summed E-state index contributed by atoms with van der Waals surface area (Å²) >= 11 is 0. The highest BCUT2D eigenvalue weighted by Crippen LogP contribution is 2.29. The quantitative estimate of drug-likeness (QED) is 0.639. The van der Waals surface area contributed by atoms with Crippen LogP contribution in [0.25, 0.3) is 0 Å². The molecule has 0 radical (unpaired) electrons. The minimum absolute atomic E-state index is 0.561. The van der Waals surface area contributed by atoms with Crippen LogP contribution in [-0.4, -0.2) is 12.6 Å². The SMILES string of the molecule is C#CCC(CCC1CCCC1)NCC. The Hall–Kier alpha value is -0.480. The van der Waals surface area contributed by atoms with E-state index in [1.807, 2.05) is 0 Å². The van der Waals surface area contributed by atoms with Crippen molar-refractivity contribution in [1.29, 1.82) is 0 Å². The Labute approximate surface area is 88.7 Å². The molecule has 1 saturated carbocycles. The normalized spacial score (nSPS) is 19.4. The zero-order valence-corrected chi connectivity index (χ0v) is 9.39. The number of terminal acetylenes is 1. The molecule has 80 valence electrons. The monoisotopic (exact) mass is 193 g/mol. The molecule has 1 aliphatic rings. The van der Waals surface area contributed by atoms with Gasteiger partial charge in [0.2, 0.25) is 0 Å². The molecule has 0 aromatic rings. The minimum Gasteiger partial charge on any atom is -0.313 e. The summed E-state index contributed by atoms with van der Waals surface area (Å²) in [4.78, 5) is 0. The summed E-state index contributed by atoms with van der Waals surface area (Å²) in [5.74, 6) is 3.76. The molecular formula is C13H23N. The molecule has 14 heavy (non-hydrogen) atoms. The third-order valence-electron chi connectivity index (χ3n) is 3.26. The summed E-state index contributed by atoms with van der Waals surface area (Å²) in [6.45, 7) is 3.19. The van der Waals surface area contributed by atoms with Crippen LogP contribution in [0.4, 0.5) is 0 Å². The number of nitrogens with one attached hydrogen (secondary N) is 1. The Morgan fingerprint density at radius 3 is 2.71 bits per heavy atom. The van der Waals surface area contributed by atoms with E-state index in [4.69, 9.17) is 6.42 Å². The van der Waals surface area contributed by atoms with Crippen LogP contribution in [0.3, 0.4) is 0 Å². The van der Waals surface area contributed by atoms with Gasteiger partial charge < -0.3 is 5.32 Å². The van der Waals surface area contributed by atoms with Crippen molar-refractivity contribution in [2.24, 2.45) is 5.92 Å². The van der Waals surface area contributed by atoms with E-state index in [9.17, 15) is 0 Å². The zero-order valence-electron chi connectivity index (χ0n) is 9.39. The summed E-state index contributed by atoms with van der Waals surface area (Å²) < 4.78 is 0. The molecule has 0 saturated heterocycles. The van der Waals surface area contributed by atoms with Crippen LogP contribution < -0.4 is 5.32 Å². The van der Waals surface area contributed by atoms with Crippen molar-refractivity contribution in [3.05, 3.63) is 0 Å². The van der Waals surface area contributed by atoms with Gasteiger partial charge in [0.25, 0.3) is 0 Å². The van der Waals surface area contributed by atoms with E-state index in [0.29, 0.717) is 6.04 Å². The van der Waals surface area contributed by atoms with Crippen LogP contribution in [0.1, 0.15) is 51.9 Å². The van der Waals surface area contributed by atoms with Crippen LogP contribution in [0.15, 0.2) is 0 Å². The second kappa shape index (κ2) is 6.90. The Bertz CT molecular complexity index is 174. The third-order valence-corrected chi connectivity index (χ3v) is 3.26. The molecule has 0 aromatic heterocycles. The first-order valence-electron chi connectivity index (χ1n) is 6.03. The Balaban J connectivity index is 2.14. The lowest BCUT2D eigenvalue weighted by Gasteiger charge is -2.17. The van der Waals surface area contributed by atoms with Gasteiger partial charge in [-0.1, -0.05) is 32.6 Å². The van der Waals surface area contributed by atoms with Crippen molar-refractivity contribution in [3.63, 3.8) is 0 Å². The summed E-state index contributed by atoms with van der Waals surface area (Å²) in [7, 11) is 0. The average molecular weight is 193 g/mol. The Kier molecular flexibility index (Phi) is 5.71. The van der Waals surface area contributed by atoms with Crippen LogP contribution in [0.2, 0.25) is 0 Å². The number of hydrogen-bond donors (Lipinski definition) is 1. The van der Waals surface area contributed by atoms with Crippen LogP contribution in [0.5, 0.6) is 0 Å². The number of rotatable bonds is 6. The van der Waals surface area contributed by atoms with Crippen molar-refractivity contribution in [2.45, 2.75) is 57.9 Å². The van der Waals surface area contributed by atoms with Gasteiger partial charge in [-0.05, 0) is 25.3 Å². The molecule has 1 unspecified atom stereocenters. The predicted molar refractivity (Wildman–Crippen MR) is 62.1 cm³/mol. The van der Waals surface area contributed by atoms with Gasteiger partial charge in [0, 0.05) is 12.5 Å². The topological polar surface area (TPSA) is 12.0 Å². The summed E-state index contributed by atoms with van der Waals surface area (Å²) in [6, 6.07) is 0.561. The van der Waals surface area contributed by atoms with E-state index in [-0.39, 0.29) is 0 Å². The highest BCUT2D eigenvalue weighted by atomic mass is 14.9. The van der Waals surface area contributed by atoms with E-state index in [1.54, 1.807) is 0 Å². The number of hydrogen-bond acceptors (Lipinski definition) is 1. The second-order valence-electron chi connectivity index (χ2n) is 4.39. The summed E-state index contributed by atoms with van der Waals surface area (Å²) in [5.41, 5.74) is 0. The van der Waals surface area contributed by atoms with Gasteiger partial charge in [-0.2, -0.15) is 0 Å². The molecule has 1 fully saturated rings. The standard InChI is InChI=1S/C13H23N/c1-3-7-13(14-4-2)11-10-12-8-5-6-9-12/h1,12-14H,4-11H2,2H3. The van der Waals surface area contributed by atoms with E-state index in [1.165, 1.54) is 38.5 Å². The van der Waals surface area contributed by atoms with Gasteiger partial charge in [0.15, 0.2) is 0 Å². The maximum absolute atomic E-state index is 5.35. The molecular weight excluding hydrogens is 170 g/mol. The molecule has 0 heterocycles. The third kappa shape index (κ3) is 4.15. The van der Waals surface area contributed by atoms with Gasteiger partial charge >= 0.3 is 0 Å². The lowest BCUT2D eigenvalue weighted by Crippen LogP contribution is -2.28. The fourth-order valence-electron chi connectivity index (χ4n) is 2.44. The molecule has 1 aliphatic carbocycles. The summed E-state index contributed by atoms with van der Waals surface area (Å²) in [5, 5.41) is 3.46. The highest BCUT2D eigenvalue weighted by Gasteiger charge is 2.16. The molecule has 0 aliphatic heterocycles. The van der Waals surface area contributed by atoms with Crippen molar-refractivity contribution < 1.29 is 0 Å². The van der Waals surface area contributed by atoms with Gasteiger partial charge in [-0.15, -0.1) is 12.3 Å². The largest absolute Gasteiger partial charge is 0.313 e. The molecule has 0 aromatic carbocycles. The zero-order chi connectivity index (χ0) is 10.2. The Morgan fingerprint density at radius 1 is 1.43 bits per heavy atom. The first kappa shape index (κ1) is 11.6. The van der Waals surface area contributed by atoms with Gasteiger partial charge in [0.05, 0.1) is 0 Å². The molecule has 1 rings (SSSR count). The lowest BCUT2D eigenvalue weighted by molar-refractivity contribution is 0.413. The Morgan fingerprint density at radius 2 is 2.14 bits per heavy atom. The first-order chi connectivity index (χ1) is 6.86. The van der Waals surface area contributed by atoms with E-state index in [2.05, 4.69) is 18.2 Å². The predicted octanol–water partition coefficient (Wildman–Crippen LogP) is 2.96. The van der Waals surface area contributed by atoms with Gasteiger partial charge in [-0.25, -0.2) is 0 Å². The molecule has 0 spiro atoms. The van der Waals surface area contributed by atoms with Crippen molar-refractivity contribution in [1.82, 2.24) is 5.32 Å². The lowest BCUT2D eigenvalue weighted by atomic mass is 9.97. The van der Waals surface area contributed by atoms with E-state index < -0.39 is 0 Å². The first-order valence-corrected chi connectivity index (χ1v) is 6.03. The van der Waals surface area contributed by atoms with Gasteiger partial charge in [-0.3, -0.25) is 0 Å². The molecule has 1 N–H and O–H groups in total. The van der Waals surface area contributed by atoms with Crippen LogP contribution in [-0.2, 0) is 0 Å².